The molecule has 1 saturated heterocycles. The van der Waals surface area contributed by atoms with Gasteiger partial charge in [0.1, 0.15) is 6.04 Å². The van der Waals surface area contributed by atoms with Crippen molar-refractivity contribution in [3.05, 3.63) is 0 Å². The molecule has 1 fully saturated rings. The van der Waals surface area contributed by atoms with Gasteiger partial charge in [0.05, 0.1) is 18.6 Å². The monoisotopic (exact) mass is 271 g/mol. The summed E-state index contributed by atoms with van der Waals surface area (Å²) in [7, 11) is 0. The van der Waals surface area contributed by atoms with Gasteiger partial charge >= 0.3 is 0 Å². The Morgan fingerprint density at radius 1 is 1.42 bits per heavy atom. The molecule has 0 aromatic rings. The smallest absolute Gasteiger partial charge is 0.242 e. The van der Waals surface area contributed by atoms with E-state index in [2.05, 4.69) is 10.6 Å². The van der Waals surface area contributed by atoms with Crippen LogP contribution in [0.4, 0.5) is 0 Å². The van der Waals surface area contributed by atoms with Crippen LogP contribution in [-0.2, 0) is 14.3 Å². The lowest BCUT2D eigenvalue weighted by Gasteiger charge is -2.28. The second kappa shape index (κ2) is 5.46. The van der Waals surface area contributed by atoms with Crippen LogP contribution in [0.25, 0.3) is 0 Å². The van der Waals surface area contributed by atoms with Gasteiger partial charge in [0, 0.05) is 11.6 Å². The van der Waals surface area contributed by atoms with E-state index in [-0.39, 0.29) is 30.0 Å². The summed E-state index contributed by atoms with van der Waals surface area (Å²) in [4.78, 5) is 24.1. The highest BCUT2D eigenvalue weighted by Crippen LogP contribution is 2.27. The lowest BCUT2D eigenvalue weighted by Crippen LogP contribution is -2.56. The number of hydrogen-bond donors (Lipinski definition) is 3. The van der Waals surface area contributed by atoms with Crippen molar-refractivity contribution in [2.45, 2.75) is 52.2 Å². The van der Waals surface area contributed by atoms with Gasteiger partial charge in [-0.1, -0.05) is 0 Å². The summed E-state index contributed by atoms with van der Waals surface area (Å²) in [5, 5.41) is 5.53. The highest BCUT2D eigenvalue weighted by molar-refractivity contribution is 5.90. The maximum absolute atomic E-state index is 12.2. The molecule has 3 atom stereocenters. The van der Waals surface area contributed by atoms with Crippen LogP contribution in [0.15, 0.2) is 0 Å². The van der Waals surface area contributed by atoms with Crippen molar-refractivity contribution in [1.29, 1.82) is 0 Å². The third-order valence-corrected chi connectivity index (χ3v) is 3.28. The third kappa shape index (κ3) is 3.91. The number of hydrogen-bond acceptors (Lipinski definition) is 4. The maximum atomic E-state index is 12.2. The summed E-state index contributed by atoms with van der Waals surface area (Å²) in [5.41, 5.74) is 4.79. The SMILES string of the molecule is CC(NC(=O)C1(C)COCC1N)C(=O)NC(C)(C)C. The molecule has 1 aliphatic rings. The zero-order chi connectivity index (χ0) is 14.8. The third-order valence-electron chi connectivity index (χ3n) is 3.28. The molecular weight excluding hydrogens is 246 g/mol. The zero-order valence-electron chi connectivity index (χ0n) is 12.4. The van der Waals surface area contributed by atoms with Gasteiger partial charge in [0.15, 0.2) is 0 Å². The van der Waals surface area contributed by atoms with Crippen LogP contribution in [0, 0.1) is 5.41 Å². The van der Waals surface area contributed by atoms with E-state index in [1.807, 2.05) is 20.8 Å². The summed E-state index contributed by atoms with van der Waals surface area (Å²) in [6.45, 7) is 9.74. The molecule has 1 heterocycles. The first-order valence-corrected chi connectivity index (χ1v) is 6.52. The van der Waals surface area contributed by atoms with Crippen molar-refractivity contribution in [2.75, 3.05) is 13.2 Å². The van der Waals surface area contributed by atoms with Crippen LogP contribution < -0.4 is 16.4 Å². The van der Waals surface area contributed by atoms with E-state index in [0.29, 0.717) is 6.61 Å². The van der Waals surface area contributed by atoms with Crippen molar-refractivity contribution in [2.24, 2.45) is 11.1 Å². The van der Waals surface area contributed by atoms with Crippen molar-refractivity contribution in [1.82, 2.24) is 10.6 Å². The molecule has 1 rings (SSSR count). The highest BCUT2D eigenvalue weighted by Gasteiger charge is 2.45. The molecule has 0 aliphatic carbocycles. The summed E-state index contributed by atoms with van der Waals surface area (Å²) in [5.74, 6) is -0.453. The molecule has 4 N–H and O–H groups in total. The van der Waals surface area contributed by atoms with E-state index in [9.17, 15) is 9.59 Å². The molecule has 19 heavy (non-hydrogen) atoms. The Morgan fingerprint density at radius 3 is 2.42 bits per heavy atom. The van der Waals surface area contributed by atoms with Gasteiger partial charge in [-0.15, -0.1) is 0 Å². The first-order chi connectivity index (χ1) is 8.56. The minimum absolute atomic E-state index is 0.211. The number of ether oxygens (including phenoxy) is 1. The normalized spacial score (nSPS) is 28.8. The van der Waals surface area contributed by atoms with E-state index in [4.69, 9.17) is 10.5 Å². The lowest BCUT2D eigenvalue weighted by molar-refractivity contribution is -0.135. The molecule has 0 aromatic heterocycles. The zero-order valence-corrected chi connectivity index (χ0v) is 12.4. The van der Waals surface area contributed by atoms with E-state index >= 15 is 0 Å². The Balaban J connectivity index is 2.59. The predicted molar refractivity (Wildman–Crippen MR) is 72.4 cm³/mol. The highest BCUT2D eigenvalue weighted by atomic mass is 16.5. The van der Waals surface area contributed by atoms with Crippen LogP contribution in [0.2, 0.25) is 0 Å². The fourth-order valence-electron chi connectivity index (χ4n) is 1.83. The molecule has 2 amide bonds. The van der Waals surface area contributed by atoms with Gasteiger partial charge in [-0.2, -0.15) is 0 Å². The average Bonchev–Trinajstić information content (AvgIpc) is 2.58. The van der Waals surface area contributed by atoms with E-state index < -0.39 is 11.5 Å². The molecule has 0 bridgehead atoms. The number of carbonyl (C=O) groups excluding carboxylic acids is 2. The molecule has 6 heteroatoms. The Kier molecular flexibility index (Phi) is 4.58. The topological polar surface area (TPSA) is 93.4 Å². The van der Waals surface area contributed by atoms with Gasteiger partial charge in [0.2, 0.25) is 11.8 Å². The van der Waals surface area contributed by atoms with E-state index in [0.717, 1.165) is 0 Å². The van der Waals surface area contributed by atoms with Crippen LogP contribution in [-0.4, -0.2) is 42.7 Å². The number of rotatable bonds is 3. The predicted octanol–water partition coefficient (Wildman–Crippen LogP) is -0.230. The second-order valence-corrected chi connectivity index (χ2v) is 6.47. The fourth-order valence-corrected chi connectivity index (χ4v) is 1.83. The van der Waals surface area contributed by atoms with Gasteiger partial charge < -0.3 is 21.1 Å². The fraction of sp³-hybridized carbons (Fsp3) is 0.846. The molecule has 0 radical (unpaired) electrons. The molecule has 3 unspecified atom stereocenters. The molecule has 0 saturated carbocycles. The molecule has 1 aliphatic heterocycles. The van der Waals surface area contributed by atoms with E-state index in [1.165, 1.54) is 0 Å². The first-order valence-electron chi connectivity index (χ1n) is 6.52. The van der Waals surface area contributed by atoms with Crippen LogP contribution in [0.1, 0.15) is 34.6 Å². The molecule has 6 nitrogen and oxygen atoms in total. The minimum atomic E-state index is -0.768. The van der Waals surface area contributed by atoms with Gasteiger partial charge in [0.25, 0.3) is 0 Å². The lowest BCUT2D eigenvalue weighted by atomic mass is 9.84. The van der Waals surface area contributed by atoms with Crippen LogP contribution >= 0.6 is 0 Å². The molecule has 0 spiro atoms. The largest absolute Gasteiger partial charge is 0.379 e. The summed E-state index contributed by atoms with van der Waals surface area (Å²) in [6.07, 6.45) is 0. The van der Waals surface area contributed by atoms with E-state index in [1.54, 1.807) is 13.8 Å². The maximum Gasteiger partial charge on any atom is 0.242 e. The van der Waals surface area contributed by atoms with Crippen molar-refractivity contribution in [3.63, 3.8) is 0 Å². The second-order valence-electron chi connectivity index (χ2n) is 6.47. The standard InChI is InChI=1S/C13H25N3O3/c1-8(10(17)16-12(2,3)4)15-11(18)13(5)7-19-6-9(13)14/h8-9H,6-7,14H2,1-5H3,(H,15,18)(H,16,17). The summed E-state index contributed by atoms with van der Waals surface area (Å²) < 4.78 is 5.23. The summed E-state index contributed by atoms with van der Waals surface area (Å²) in [6, 6.07) is -0.943. The molecular formula is C13H25N3O3. The molecule has 110 valence electrons. The number of nitrogens with one attached hydrogen (secondary N) is 2. The number of amides is 2. The van der Waals surface area contributed by atoms with Crippen molar-refractivity contribution in [3.8, 4) is 0 Å². The van der Waals surface area contributed by atoms with Gasteiger partial charge in [-0.05, 0) is 34.6 Å². The Hall–Kier alpha value is -1.14. The van der Waals surface area contributed by atoms with Crippen LogP contribution in [0.5, 0.6) is 0 Å². The quantitative estimate of drug-likeness (QED) is 0.661. The summed E-state index contributed by atoms with van der Waals surface area (Å²) >= 11 is 0. The Morgan fingerprint density at radius 2 is 2.00 bits per heavy atom. The van der Waals surface area contributed by atoms with Crippen LogP contribution in [0.3, 0.4) is 0 Å². The number of nitrogens with two attached hydrogens (primary N) is 1. The van der Waals surface area contributed by atoms with Gasteiger partial charge in [-0.3, -0.25) is 9.59 Å². The molecule has 0 aromatic carbocycles. The van der Waals surface area contributed by atoms with Crippen molar-refractivity contribution >= 4 is 11.8 Å². The van der Waals surface area contributed by atoms with Crippen molar-refractivity contribution < 1.29 is 14.3 Å². The first kappa shape index (κ1) is 15.9. The Labute approximate surface area is 114 Å². The number of carbonyl (C=O) groups is 2. The Bertz CT molecular complexity index is 365. The minimum Gasteiger partial charge on any atom is -0.379 e. The van der Waals surface area contributed by atoms with Gasteiger partial charge in [-0.25, -0.2) is 0 Å². The average molecular weight is 271 g/mol.